The number of hydrogen-bond donors (Lipinski definition) is 2. The largest absolute Gasteiger partial charge is 0.488 e. The molecule has 2 rings (SSSR count). The van der Waals surface area contributed by atoms with Crippen molar-refractivity contribution < 1.29 is 9.47 Å². The molecule has 0 aliphatic carbocycles. The molecule has 0 unspecified atom stereocenters. The Labute approximate surface area is 162 Å². The fourth-order valence-corrected chi connectivity index (χ4v) is 2.86. The standard InChI is InChI=1S/C19H27N3O6/c1-4-27-18-12(14(23)16(18)25)20-8-6-10-22(3)11-7-9-21-13-15(24)17(26)19(13)28-5-2/h20-21H,4-11H2,1-3H3. The van der Waals surface area contributed by atoms with Crippen LogP contribution in [0.5, 0.6) is 11.5 Å². The van der Waals surface area contributed by atoms with Gasteiger partial charge in [0, 0.05) is 13.1 Å². The second-order valence-electron chi connectivity index (χ2n) is 6.45. The van der Waals surface area contributed by atoms with Crippen molar-refractivity contribution in [3.8, 4) is 11.5 Å². The number of nitrogens with zero attached hydrogens (tertiary/aromatic N) is 1. The van der Waals surface area contributed by atoms with E-state index in [-0.39, 0.29) is 22.9 Å². The van der Waals surface area contributed by atoms with Gasteiger partial charge in [-0.2, -0.15) is 0 Å². The molecule has 0 amide bonds. The molecule has 0 saturated carbocycles. The van der Waals surface area contributed by atoms with Crippen molar-refractivity contribution in [1.82, 2.24) is 4.90 Å². The molecule has 0 aliphatic heterocycles. The maximum Gasteiger partial charge on any atom is 0.272 e. The Morgan fingerprint density at radius 3 is 1.46 bits per heavy atom. The Morgan fingerprint density at radius 1 is 0.714 bits per heavy atom. The summed E-state index contributed by atoms with van der Waals surface area (Å²) in [5.74, 6) is 0.272. The SMILES string of the molecule is CCOc1c(NCCCN(C)CCCNc2c(OCC)c(=O)c2=O)c(=O)c1=O. The van der Waals surface area contributed by atoms with Crippen molar-refractivity contribution in [1.29, 1.82) is 0 Å². The second kappa shape index (κ2) is 10.0. The summed E-state index contributed by atoms with van der Waals surface area (Å²) in [6.45, 7) is 6.95. The van der Waals surface area contributed by atoms with Gasteiger partial charge in [0.25, 0.3) is 21.7 Å². The molecule has 0 aliphatic rings. The quantitative estimate of drug-likeness (QED) is 0.336. The third kappa shape index (κ3) is 4.78. The van der Waals surface area contributed by atoms with Gasteiger partial charge in [0.1, 0.15) is 11.4 Å². The number of ether oxygens (including phenoxy) is 2. The lowest BCUT2D eigenvalue weighted by Crippen LogP contribution is -2.36. The summed E-state index contributed by atoms with van der Waals surface area (Å²) in [5, 5.41) is 5.94. The smallest absolute Gasteiger partial charge is 0.272 e. The van der Waals surface area contributed by atoms with Gasteiger partial charge < -0.3 is 25.0 Å². The summed E-state index contributed by atoms with van der Waals surface area (Å²) in [4.78, 5) is 47.9. The summed E-state index contributed by atoms with van der Waals surface area (Å²) in [7, 11) is 1.98. The van der Waals surface area contributed by atoms with Crippen molar-refractivity contribution in [3.05, 3.63) is 40.9 Å². The van der Waals surface area contributed by atoms with Crippen LogP contribution in [0.3, 0.4) is 0 Å². The van der Waals surface area contributed by atoms with Crippen LogP contribution in [-0.4, -0.2) is 51.3 Å². The molecule has 0 bridgehead atoms. The minimum Gasteiger partial charge on any atom is -0.488 e. The van der Waals surface area contributed by atoms with Gasteiger partial charge in [-0.15, -0.1) is 0 Å². The molecule has 0 aromatic heterocycles. The second-order valence-corrected chi connectivity index (χ2v) is 6.45. The third-order valence-electron chi connectivity index (χ3n) is 4.35. The van der Waals surface area contributed by atoms with E-state index in [0.29, 0.717) is 26.3 Å². The molecule has 0 atom stereocenters. The van der Waals surface area contributed by atoms with Crippen LogP contribution >= 0.6 is 0 Å². The maximum atomic E-state index is 11.5. The van der Waals surface area contributed by atoms with Gasteiger partial charge in [-0.1, -0.05) is 0 Å². The number of anilines is 2. The molecule has 154 valence electrons. The Bertz CT molecular complexity index is 846. The van der Waals surface area contributed by atoms with Gasteiger partial charge in [0.2, 0.25) is 0 Å². The van der Waals surface area contributed by atoms with E-state index in [1.165, 1.54) is 0 Å². The van der Waals surface area contributed by atoms with E-state index in [0.717, 1.165) is 25.9 Å². The summed E-state index contributed by atoms with van der Waals surface area (Å²) >= 11 is 0. The molecule has 2 aromatic rings. The molecule has 0 heterocycles. The van der Waals surface area contributed by atoms with Crippen LogP contribution in [0.15, 0.2) is 19.2 Å². The number of nitrogens with one attached hydrogen (secondary N) is 2. The molecule has 9 heteroatoms. The zero-order chi connectivity index (χ0) is 20.7. The first-order valence-electron chi connectivity index (χ1n) is 9.50. The first kappa shape index (κ1) is 21.6. The van der Waals surface area contributed by atoms with E-state index in [1.807, 2.05) is 7.05 Å². The van der Waals surface area contributed by atoms with Gasteiger partial charge in [-0.25, -0.2) is 0 Å². The molecule has 28 heavy (non-hydrogen) atoms. The molecule has 0 saturated heterocycles. The highest BCUT2D eigenvalue weighted by atomic mass is 16.5. The normalized spacial score (nSPS) is 11.3. The van der Waals surface area contributed by atoms with Crippen LogP contribution in [0.25, 0.3) is 0 Å². The fraction of sp³-hybridized carbons (Fsp3) is 0.579. The number of rotatable bonds is 14. The zero-order valence-corrected chi connectivity index (χ0v) is 16.6. The highest BCUT2D eigenvalue weighted by molar-refractivity contribution is 5.62. The van der Waals surface area contributed by atoms with E-state index in [2.05, 4.69) is 15.5 Å². The first-order valence-corrected chi connectivity index (χ1v) is 9.50. The lowest BCUT2D eigenvalue weighted by molar-refractivity contribution is 0.328. The van der Waals surface area contributed by atoms with Gasteiger partial charge >= 0.3 is 0 Å². The first-order chi connectivity index (χ1) is 13.4. The molecular weight excluding hydrogens is 366 g/mol. The predicted octanol–water partition coefficient (Wildman–Crippen LogP) is -0.0880. The van der Waals surface area contributed by atoms with Crippen molar-refractivity contribution in [2.45, 2.75) is 26.7 Å². The average Bonchev–Trinajstić information content (AvgIpc) is 2.70. The fourth-order valence-electron chi connectivity index (χ4n) is 2.86. The Kier molecular flexibility index (Phi) is 7.74. The van der Waals surface area contributed by atoms with Crippen LogP contribution in [0.1, 0.15) is 26.7 Å². The third-order valence-corrected chi connectivity index (χ3v) is 4.35. The van der Waals surface area contributed by atoms with E-state index < -0.39 is 21.7 Å². The van der Waals surface area contributed by atoms with Gasteiger partial charge in [-0.05, 0) is 46.8 Å². The lowest BCUT2D eigenvalue weighted by atomic mass is 10.2. The molecule has 2 aromatic carbocycles. The average molecular weight is 393 g/mol. The van der Waals surface area contributed by atoms with Crippen molar-refractivity contribution in [2.24, 2.45) is 0 Å². The van der Waals surface area contributed by atoms with E-state index in [4.69, 9.17) is 9.47 Å². The molecule has 2 N–H and O–H groups in total. The van der Waals surface area contributed by atoms with Gasteiger partial charge in [0.05, 0.1) is 13.2 Å². The monoisotopic (exact) mass is 393 g/mol. The maximum absolute atomic E-state index is 11.5. The van der Waals surface area contributed by atoms with Crippen LogP contribution in [-0.2, 0) is 0 Å². The molecule has 0 radical (unpaired) electrons. The van der Waals surface area contributed by atoms with Crippen LogP contribution in [0.4, 0.5) is 11.4 Å². The highest BCUT2D eigenvalue weighted by Crippen LogP contribution is 2.17. The molecular formula is C19H27N3O6. The van der Waals surface area contributed by atoms with Crippen LogP contribution in [0, 0.1) is 0 Å². The molecule has 0 fully saturated rings. The summed E-state index contributed by atoms with van der Waals surface area (Å²) < 4.78 is 10.3. The summed E-state index contributed by atoms with van der Waals surface area (Å²) in [6, 6.07) is 0. The Morgan fingerprint density at radius 2 is 1.11 bits per heavy atom. The Balaban J connectivity index is 1.62. The van der Waals surface area contributed by atoms with Gasteiger partial charge in [0.15, 0.2) is 11.5 Å². The number of hydrogen-bond acceptors (Lipinski definition) is 9. The lowest BCUT2D eigenvalue weighted by Gasteiger charge is -2.18. The van der Waals surface area contributed by atoms with Crippen molar-refractivity contribution >= 4 is 11.4 Å². The van der Waals surface area contributed by atoms with Crippen molar-refractivity contribution in [3.63, 3.8) is 0 Å². The predicted molar refractivity (Wildman–Crippen MR) is 109 cm³/mol. The van der Waals surface area contributed by atoms with E-state index >= 15 is 0 Å². The molecule has 9 nitrogen and oxygen atoms in total. The molecule has 0 spiro atoms. The minimum atomic E-state index is -0.566. The van der Waals surface area contributed by atoms with Crippen LogP contribution < -0.4 is 41.8 Å². The zero-order valence-electron chi connectivity index (χ0n) is 16.6. The Hall–Kier alpha value is -2.68. The van der Waals surface area contributed by atoms with E-state index in [1.54, 1.807) is 13.8 Å². The van der Waals surface area contributed by atoms with Crippen LogP contribution in [0.2, 0.25) is 0 Å². The van der Waals surface area contributed by atoms with E-state index in [9.17, 15) is 19.2 Å². The van der Waals surface area contributed by atoms with Gasteiger partial charge in [-0.3, -0.25) is 19.2 Å². The topological polar surface area (TPSA) is 114 Å². The van der Waals surface area contributed by atoms with Crippen molar-refractivity contribution in [2.75, 3.05) is 57.1 Å². The minimum absolute atomic E-state index is 0.136. The summed E-state index contributed by atoms with van der Waals surface area (Å²) in [5.41, 5.74) is -1.62. The summed E-state index contributed by atoms with van der Waals surface area (Å²) in [6.07, 6.45) is 1.59. The highest BCUT2D eigenvalue weighted by Gasteiger charge is 2.22.